The summed E-state index contributed by atoms with van der Waals surface area (Å²) in [6, 6.07) is -0.940. The Morgan fingerprint density at radius 2 is 0.827 bits per heavy atom. The van der Waals surface area contributed by atoms with Crippen LogP contribution in [0.4, 0.5) is 0 Å². The fourth-order valence-electron chi connectivity index (χ4n) is 10.9. The van der Waals surface area contributed by atoms with Gasteiger partial charge in [0.05, 0.1) is 32.0 Å². The summed E-state index contributed by atoms with van der Waals surface area (Å²) in [5, 5.41) is 87.2. The number of nitrogens with one attached hydrogen (secondary N) is 1. The summed E-state index contributed by atoms with van der Waals surface area (Å²) in [7, 11) is 0. The molecule has 0 bridgehead atoms. The minimum Gasteiger partial charge on any atom is -0.394 e. The van der Waals surface area contributed by atoms with Crippen molar-refractivity contribution in [2.24, 2.45) is 0 Å². The lowest BCUT2D eigenvalue weighted by Crippen LogP contribution is -2.65. The first-order valence-electron chi connectivity index (χ1n) is 33.4. The molecule has 2 saturated heterocycles. The summed E-state index contributed by atoms with van der Waals surface area (Å²) in [6.07, 6.45) is 50.4. The molecule has 14 nitrogen and oxygen atoms in total. The molecule has 2 heterocycles. The Labute approximate surface area is 493 Å². The Morgan fingerprint density at radius 3 is 1.31 bits per heavy atom. The van der Waals surface area contributed by atoms with E-state index in [1.807, 2.05) is 6.08 Å². The molecule has 0 aromatic carbocycles. The number of carbonyl (C=O) groups excluding carboxylic acids is 1. The van der Waals surface area contributed by atoms with Gasteiger partial charge in [-0.05, 0) is 64.2 Å². The largest absolute Gasteiger partial charge is 0.394 e. The van der Waals surface area contributed by atoms with E-state index in [4.69, 9.17) is 18.9 Å². The lowest BCUT2D eigenvalue weighted by molar-refractivity contribution is -0.359. The maximum absolute atomic E-state index is 13.2. The van der Waals surface area contributed by atoms with Crippen LogP contribution in [0.15, 0.2) is 48.6 Å². The van der Waals surface area contributed by atoms with E-state index in [0.29, 0.717) is 12.8 Å². The molecule has 0 aromatic rings. The zero-order valence-electron chi connectivity index (χ0n) is 51.3. The molecule has 474 valence electrons. The van der Waals surface area contributed by atoms with Crippen LogP contribution in [0.3, 0.4) is 0 Å². The van der Waals surface area contributed by atoms with Crippen LogP contribution in [0.2, 0.25) is 0 Å². The van der Waals surface area contributed by atoms with Gasteiger partial charge in [-0.25, -0.2) is 0 Å². The van der Waals surface area contributed by atoms with Gasteiger partial charge in [0.2, 0.25) is 5.91 Å². The van der Waals surface area contributed by atoms with Crippen LogP contribution >= 0.6 is 0 Å². The van der Waals surface area contributed by atoms with Gasteiger partial charge < -0.3 is 65.1 Å². The molecule has 81 heavy (non-hydrogen) atoms. The number of carbonyl (C=O) groups is 1. The van der Waals surface area contributed by atoms with Crippen molar-refractivity contribution >= 4 is 5.91 Å². The highest BCUT2D eigenvalue weighted by Gasteiger charge is 2.51. The van der Waals surface area contributed by atoms with E-state index in [2.05, 4.69) is 55.6 Å². The molecule has 0 aromatic heterocycles. The van der Waals surface area contributed by atoms with Gasteiger partial charge in [-0.3, -0.25) is 4.79 Å². The van der Waals surface area contributed by atoms with Gasteiger partial charge in [0.1, 0.15) is 48.8 Å². The topological polar surface area (TPSA) is 228 Å². The molecule has 0 saturated carbocycles. The second kappa shape index (κ2) is 52.3. The molecule has 12 atom stereocenters. The van der Waals surface area contributed by atoms with E-state index >= 15 is 0 Å². The van der Waals surface area contributed by atoms with E-state index in [1.165, 1.54) is 186 Å². The molecule has 0 radical (unpaired) electrons. The van der Waals surface area contributed by atoms with Crippen LogP contribution in [-0.4, -0.2) is 140 Å². The summed E-state index contributed by atoms with van der Waals surface area (Å²) in [4.78, 5) is 13.2. The Morgan fingerprint density at radius 1 is 0.444 bits per heavy atom. The lowest BCUT2D eigenvalue weighted by atomic mass is 9.97. The molecule has 14 heteroatoms. The van der Waals surface area contributed by atoms with Crippen LogP contribution in [0, 0.1) is 0 Å². The number of allylic oxidation sites excluding steroid dienone is 7. The van der Waals surface area contributed by atoms with Crippen LogP contribution in [-0.2, 0) is 23.7 Å². The predicted octanol–water partition coefficient (Wildman–Crippen LogP) is 12.7. The quantitative estimate of drug-likeness (QED) is 0.0204. The summed E-state index contributed by atoms with van der Waals surface area (Å²) >= 11 is 0. The predicted molar refractivity (Wildman–Crippen MR) is 327 cm³/mol. The average Bonchev–Trinajstić information content (AvgIpc) is 3.47. The highest BCUT2D eigenvalue weighted by Crippen LogP contribution is 2.30. The number of amides is 1. The standard InChI is InChI=1S/C67H123NO13/c1-3-5-7-9-11-13-15-17-19-20-21-22-23-24-25-26-27-28-29-30-31-32-33-34-35-37-38-40-42-44-46-48-50-56(71)55(68-59(72)51-49-47-45-43-41-39-36-18-16-14-12-10-8-6-4-2)54-78-66-64(77)62(75)65(58(53-70)80-66)81-67-63(76)61(74)60(73)57(52-69)79-67/h12,14,18,36,40,42,48,50,55-58,60-67,69-71,73-77H,3-11,13,15-17,19-35,37-39,41,43-47,49,51-54H2,1-2H3,(H,68,72)/b14-12-,36-18-,42-40+,50-48+. The number of ether oxygens (including phenoxy) is 4. The van der Waals surface area contributed by atoms with Crippen molar-refractivity contribution < 1.29 is 64.6 Å². The van der Waals surface area contributed by atoms with E-state index in [9.17, 15) is 45.6 Å². The molecule has 12 unspecified atom stereocenters. The molecule has 2 rings (SSSR count). The first kappa shape index (κ1) is 75.0. The van der Waals surface area contributed by atoms with Crippen LogP contribution in [0.5, 0.6) is 0 Å². The second-order valence-electron chi connectivity index (χ2n) is 23.6. The van der Waals surface area contributed by atoms with Crippen LogP contribution in [0.1, 0.15) is 277 Å². The molecule has 0 aliphatic carbocycles. The van der Waals surface area contributed by atoms with Crippen LogP contribution < -0.4 is 5.32 Å². The number of aliphatic hydroxyl groups excluding tert-OH is 8. The van der Waals surface area contributed by atoms with Crippen molar-refractivity contribution in [2.75, 3.05) is 19.8 Å². The summed E-state index contributed by atoms with van der Waals surface area (Å²) < 4.78 is 22.8. The third-order valence-corrected chi connectivity index (χ3v) is 16.2. The Bertz CT molecular complexity index is 1540. The first-order chi connectivity index (χ1) is 39.6. The van der Waals surface area contributed by atoms with Gasteiger partial charge in [-0.1, -0.05) is 255 Å². The monoisotopic (exact) mass is 1150 g/mol. The van der Waals surface area contributed by atoms with Crippen molar-refractivity contribution in [3.63, 3.8) is 0 Å². The molecule has 9 N–H and O–H groups in total. The molecule has 1 amide bonds. The van der Waals surface area contributed by atoms with Crippen molar-refractivity contribution in [3.05, 3.63) is 48.6 Å². The molecular formula is C67H123NO13. The van der Waals surface area contributed by atoms with E-state index < -0.39 is 86.8 Å². The van der Waals surface area contributed by atoms with E-state index in [0.717, 1.165) is 57.8 Å². The smallest absolute Gasteiger partial charge is 0.220 e. The summed E-state index contributed by atoms with van der Waals surface area (Å²) in [5.74, 6) is -0.262. The van der Waals surface area contributed by atoms with Crippen molar-refractivity contribution in [1.29, 1.82) is 0 Å². The molecule has 0 spiro atoms. The fraction of sp³-hybridized carbons (Fsp3) is 0.866. The first-order valence-corrected chi connectivity index (χ1v) is 33.4. The summed E-state index contributed by atoms with van der Waals surface area (Å²) in [6.45, 7) is 2.76. The molecule has 2 fully saturated rings. The van der Waals surface area contributed by atoms with Gasteiger partial charge in [0, 0.05) is 6.42 Å². The van der Waals surface area contributed by atoms with Gasteiger partial charge in [-0.2, -0.15) is 0 Å². The van der Waals surface area contributed by atoms with Gasteiger partial charge in [-0.15, -0.1) is 0 Å². The molecular weight excluding hydrogens is 1030 g/mol. The third kappa shape index (κ3) is 37.2. The lowest BCUT2D eigenvalue weighted by Gasteiger charge is -2.46. The van der Waals surface area contributed by atoms with Gasteiger partial charge in [0.15, 0.2) is 12.6 Å². The number of rotatable bonds is 54. The van der Waals surface area contributed by atoms with Crippen LogP contribution in [0.25, 0.3) is 0 Å². The number of hydrogen-bond donors (Lipinski definition) is 9. The van der Waals surface area contributed by atoms with Crippen molar-refractivity contribution in [2.45, 2.75) is 351 Å². The minimum atomic E-state index is -1.79. The number of aliphatic hydroxyl groups is 8. The average molecular weight is 1150 g/mol. The molecule has 2 aliphatic heterocycles. The van der Waals surface area contributed by atoms with E-state index in [-0.39, 0.29) is 18.9 Å². The fourth-order valence-corrected chi connectivity index (χ4v) is 10.9. The zero-order valence-corrected chi connectivity index (χ0v) is 51.3. The molecule has 2 aliphatic rings. The van der Waals surface area contributed by atoms with E-state index in [1.54, 1.807) is 6.08 Å². The Balaban J connectivity index is 1.68. The second-order valence-corrected chi connectivity index (χ2v) is 23.6. The number of unbranched alkanes of at least 4 members (excludes halogenated alkanes) is 35. The highest BCUT2D eigenvalue weighted by atomic mass is 16.7. The third-order valence-electron chi connectivity index (χ3n) is 16.2. The SMILES string of the molecule is CCCCC/C=C\C/C=C\CCCCCCCC(=O)NC(COC1OC(CO)C(OC2OC(CO)C(O)C(O)C2O)C(O)C1O)C(O)/C=C/CC/C=C/CCCCCCCCCCCCCCCCCCCCCCCCCCCC. The van der Waals surface area contributed by atoms with Crippen molar-refractivity contribution in [1.82, 2.24) is 5.32 Å². The maximum atomic E-state index is 13.2. The van der Waals surface area contributed by atoms with Gasteiger partial charge >= 0.3 is 0 Å². The number of hydrogen-bond acceptors (Lipinski definition) is 13. The Hall–Kier alpha value is -2.05. The highest BCUT2D eigenvalue weighted by molar-refractivity contribution is 5.76. The Kier molecular flexibility index (Phi) is 48.5. The minimum absolute atomic E-state index is 0.257. The summed E-state index contributed by atoms with van der Waals surface area (Å²) in [5.41, 5.74) is 0. The zero-order chi connectivity index (χ0) is 58.8. The maximum Gasteiger partial charge on any atom is 0.220 e. The normalized spacial score (nSPS) is 24.4. The van der Waals surface area contributed by atoms with Gasteiger partial charge in [0.25, 0.3) is 0 Å². The van der Waals surface area contributed by atoms with Crippen molar-refractivity contribution in [3.8, 4) is 0 Å².